The first kappa shape index (κ1) is 30.1. The zero-order chi connectivity index (χ0) is 29.9. The van der Waals surface area contributed by atoms with Gasteiger partial charge >= 0.3 is 6.09 Å². The molecule has 6 nitrogen and oxygen atoms in total. The maximum atomic E-state index is 14.0. The second-order valence-electron chi connectivity index (χ2n) is 10.9. The van der Waals surface area contributed by atoms with Crippen molar-refractivity contribution < 1.29 is 28.2 Å². The zero-order valence-electron chi connectivity index (χ0n) is 24.6. The van der Waals surface area contributed by atoms with Gasteiger partial charge in [0.25, 0.3) is 0 Å². The van der Waals surface area contributed by atoms with E-state index in [2.05, 4.69) is 0 Å². The highest BCUT2D eigenvalue weighted by molar-refractivity contribution is 7.21. The minimum absolute atomic E-state index is 0.214. The van der Waals surface area contributed by atoms with Gasteiger partial charge in [-0.3, -0.25) is 4.79 Å². The van der Waals surface area contributed by atoms with Crippen molar-refractivity contribution in [1.29, 1.82) is 0 Å². The van der Waals surface area contributed by atoms with Crippen LogP contribution in [0.2, 0.25) is 0 Å². The summed E-state index contributed by atoms with van der Waals surface area (Å²) in [6, 6.07) is 15.9. The van der Waals surface area contributed by atoms with Crippen LogP contribution >= 0.6 is 11.3 Å². The third-order valence-electron chi connectivity index (χ3n) is 6.63. The molecule has 0 atom stereocenters. The van der Waals surface area contributed by atoms with E-state index in [0.29, 0.717) is 58.3 Å². The average molecular weight is 578 g/mol. The number of carbonyl (C=O) groups excluding carboxylic acids is 2. The highest BCUT2D eigenvalue weighted by Crippen LogP contribution is 2.43. The summed E-state index contributed by atoms with van der Waals surface area (Å²) in [5.41, 5.74) is 2.11. The second-order valence-corrected chi connectivity index (χ2v) is 12.0. The molecule has 4 rings (SSSR count). The van der Waals surface area contributed by atoms with Crippen LogP contribution in [0.15, 0.2) is 54.6 Å². The van der Waals surface area contributed by atoms with Crippen LogP contribution in [0.3, 0.4) is 0 Å². The SMILES string of the molecule is CCN(CCc1ccc(Oc2c(C(=O)c3c(C)cc(F)cc3C)sc3cc(OC)ccc23)cc1)C(=O)OC(C)(C)C. The van der Waals surface area contributed by atoms with Gasteiger partial charge in [0.05, 0.1) is 7.11 Å². The minimum atomic E-state index is -0.547. The summed E-state index contributed by atoms with van der Waals surface area (Å²) in [6.07, 6.45) is 0.325. The molecule has 0 fully saturated rings. The van der Waals surface area contributed by atoms with Gasteiger partial charge in [0.1, 0.15) is 27.8 Å². The van der Waals surface area contributed by atoms with Gasteiger partial charge in [-0.25, -0.2) is 9.18 Å². The first-order valence-corrected chi connectivity index (χ1v) is 14.4. The number of methoxy groups -OCH3 is 1. The standard InChI is InChI=1S/C33H36FNO5S/c1-8-35(32(37)40-33(4,5)6)16-15-22-9-11-24(12-10-22)39-30-26-14-13-25(38-7)19-27(26)41-31(30)29(36)28-20(2)17-23(34)18-21(28)3/h9-14,17-19H,8,15-16H2,1-7H3. The first-order valence-electron chi connectivity index (χ1n) is 13.6. The number of benzene rings is 3. The fourth-order valence-corrected chi connectivity index (χ4v) is 5.73. The number of thiophene rings is 1. The lowest BCUT2D eigenvalue weighted by Gasteiger charge is -2.26. The van der Waals surface area contributed by atoms with Gasteiger partial charge in [-0.05, 0) is 107 Å². The van der Waals surface area contributed by atoms with E-state index in [1.165, 1.54) is 23.5 Å². The van der Waals surface area contributed by atoms with Crippen LogP contribution < -0.4 is 9.47 Å². The van der Waals surface area contributed by atoms with Crippen molar-refractivity contribution in [2.24, 2.45) is 0 Å². The third kappa shape index (κ3) is 7.06. The Bertz CT molecular complexity index is 1550. The molecule has 0 N–H and O–H groups in total. The van der Waals surface area contributed by atoms with E-state index in [4.69, 9.17) is 14.2 Å². The summed E-state index contributed by atoms with van der Waals surface area (Å²) in [4.78, 5) is 28.4. The van der Waals surface area contributed by atoms with Gasteiger partial charge in [0, 0.05) is 28.7 Å². The van der Waals surface area contributed by atoms with Crippen molar-refractivity contribution in [3.8, 4) is 17.2 Å². The van der Waals surface area contributed by atoms with E-state index in [9.17, 15) is 14.0 Å². The number of nitrogens with zero attached hydrogens (tertiary/aromatic N) is 1. The van der Waals surface area contributed by atoms with Gasteiger partial charge in [0.15, 0.2) is 5.75 Å². The van der Waals surface area contributed by atoms with Crippen molar-refractivity contribution in [3.63, 3.8) is 0 Å². The molecule has 1 aromatic heterocycles. The summed E-state index contributed by atoms with van der Waals surface area (Å²) >= 11 is 1.32. The van der Waals surface area contributed by atoms with Crippen LogP contribution in [0.5, 0.6) is 17.2 Å². The Balaban J connectivity index is 1.60. The smallest absolute Gasteiger partial charge is 0.410 e. The molecule has 3 aromatic carbocycles. The van der Waals surface area contributed by atoms with Gasteiger partial charge in [-0.2, -0.15) is 0 Å². The predicted octanol–water partition coefficient (Wildman–Crippen LogP) is 8.49. The molecule has 1 amide bonds. The Morgan fingerprint density at radius 2 is 1.59 bits per heavy atom. The molecule has 0 saturated carbocycles. The Labute approximate surface area is 244 Å². The first-order chi connectivity index (χ1) is 19.4. The molecule has 0 bridgehead atoms. The lowest BCUT2D eigenvalue weighted by atomic mass is 9.97. The Morgan fingerprint density at radius 3 is 2.17 bits per heavy atom. The van der Waals surface area contributed by atoms with E-state index in [1.807, 2.05) is 70.2 Å². The molecule has 0 unspecified atom stereocenters. The van der Waals surface area contributed by atoms with Gasteiger partial charge < -0.3 is 19.1 Å². The lowest BCUT2D eigenvalue weighted by molar-refractivity contribution is 0.0262. The fraction of sp³-hybridized carbons (Fsp3) is 0.333. The number of fused-ring (bicyclic) bond motifs is 1. The number of halogens is 1. The van der Waals surface area contributed by atoms with Crippen molar-refractivity contribution in [3.05, 3.63) is 87.5 Å². The Morgan fingerprint density at radius 1 is 0.951 bits per heavy atom. The number of hydrogen-bond donors (Lipinski definition) is 0. The molecule has 8 heteroatoms. The maximum Gasteiger partial charge on any atom is 0.410 e. The van der Waals surface area contributed by atoms with Crippen molar-refractivity contribution in [2.45, 2.75) is 53.6 Å². The molecule has 41 heavy (non-hydrogen) atoms. The van der Waals surface area contributed by atoms with Crippen LogP contribution in [0, 0.1) is 19.7 Å². The van der Waals surface area contributed by atoms with Crippen molar-refractivity contribution in [1.82, 2.24) is 4.90 Å². The molecule has 0 aliphatic heterocycles. The van der Waals surface area contributed by atoms with E-state index in [-0.39, 0.29) is 17.7 Å². The summed E-state index contributed by atoms with van der Waals surface area (Å²) < 4.78 is 32.1. The summed E-state index contributed by atoms with van der Waals surface area (Å²) in [5, 5.41) is 0.789. The largest absolute Gasteiger partial charge is 0.497 e. The number of ketones is 1. The van der Waals surface area contributed by atoms with E-state index < -0.39 is 5.60 Å². The molecule has 0 aliphatic carbocycles. The lowest BCUT2D eigenvalue weighted by Crippen LogP contribution is -2.37. The summed E-state index contributed by atoms with van der Waals surface area (Å²) in [7, 11) is 1.60. The van der Waals surface area contributed by atoms with Gasteiger partial charge in [-0.1, -0.05) is 12.1 Å². The van der Waals surface area contributed by atoms with Crippen LogP contribution in [0.4, 0.5) is 9.18 Å². The fourth-order valence-electron chi connectivity index (χ4n) is 4.62. The number of carbonyl (C=O) groups is 2. The minimum Gasteiger partial charge on any atom is -0.497 e. The normalized spacial score (nSPS) is 11.4. The molecule has 216 valence electrons. The Kier molecular flexibility index (Phi) is 9.02. The zero-order valence-corrected chi connectivity index (χ0v) is 25.4. The highest BCUT2D eigenvalue weighted by Gasteiger charge is 2.25. The number of ether oxygens (including phenoxy) is 3. The third-order valence-corrected chi connectivity index (χ3v) is 7.76. The van der Waals surface area contributed by atoms with E-state index in [0.717, 1.165) is 15.6 Å². The van der Waals surface area contributed by atoms with E-state index in [1.54, 1.807) is 25.9 Å². The van der Waals surface area contributed by atoms with Crippen LogP contribution in [-0.2, 0) is 11.2 Å². The van der Waals surface area contributed by atoms with E-state index >= 15 is 0 Å². The molecule has 1 heterocycles. The second kappa shape index (κ2) is 12.3. The summed E-state index contributed by atoms with van der Waals surface area (Å²) in [6.45, 7) is 12.0. The molecule has 0 aliphatic rings. The number of aryl methyl sites for hydroxylation is 2. The number of amides is 1. The van der Waals surface area contributed by atoms with Gasteiger partial charge in [-0.15, -0.1) is 11.3 Å². The molecule has 4 aromatic rings. The van der Waals surface area contributed by atoms with Gasteiger partial charge in [0.2, 0.25) is 5.78 Å². The number of rotatable bonds is 9. The highest BCUT2D eigenvalue weighted by atomic mass is 32.1. The van der Waals surface area contributed by atoms with Crippen LogP contribution in [0.1, 0.15) is 59.6 Å². The number of likely N-dealkylation sites (N-methyl/N-ethyl adjacent to an activating group) is 1. The average Bonchev–Trinajstić information content (AvgIpc) is 3.25. The van der Waals surface area contributed by atoms with Crippen LogP contribution in [0.25, 0.3) is 10.1 Å². The van der Waals surface area contributed by atoms with Crippen molar-refractivity contribution in [2.75, 3.05) is 20.2 Å². The van der Waals surface area contributed by atoms with Crippen molar-refractivity contribution >= 4 is 33.3 Å². The molecule has 0 radical (unpaired) electrons. The quantitative estimate of drug-likeness (QED) is 0.187. The topological polar surface area (TPSA) is 65.1 Å². The molecule has 0 spiro atoms. The monoisotopic (exact) mass is 577 g/mol. The molecule has 0 saturated heterocycles. The Hall–Kier alpha value is -3.91. The van der Waals surface area contributed by atoms with Crippen LogP contribution in [-0.4, -0.2) is 42.6 Å². The predicted molar refractivity (Wildman–Crippen MR) is 161 cm³/mol. The number of hydrogen-bond acceptors (Lipinski definition) is 6. The molecular weight excluding hydrogens is 541 g/mol. The maximum absolute atomic E-state index is 14.0. The summed E-state index contributed by atoms with van der Waals surface area (Å²) in [5.74, 6) is 1.12. The molecular formula is C33H36FNO5S.